The van der Waals surface area contributed by atoms with E-state index in [1.807, 2.05) is 0 Å². The summed E-state index contributed by atoms with van der Waals surface area (Å²) in [5.41, 5.74) is 5.72. The molecule has 1 nitrogen and oxygen atoms in total. The maximum absolute atomic E-state index is 5.72. The topological polar surface area (TPSA) is 26.0 Å². The lowest BCUT2D eigenvalue weighted by atomic mass is 9.84. The van der Waals surface area contributed by atoms with Gasteiger partial charge in [0.05, 0.1) is 0 Å². The fraction of sp³-hybridized carbons (Fsp3) is 1.00. The first-order valence-corrected chi connectivity index (χ1v) is 3.12. The van der Waals surface area contributed by atoms with Gasteiger partial charge in [-0.05, 0) is 31.1 Å². The predicted octanol–water partition coefficient (Wildman–Crippen LogP) is 1.17. The van der Waals surface area contributed by atoms with Crippen molar-refractivity contribution in [3.8, 4) is 0 Å². The summed E-state index contributed by atoms with van der Waals surface area (Å²) in [6, 6.07) is 0.588. The first kappa shape index (κ1) is 6.37. The fourth-order valence-electron chi connectivity index (χ4n) is 1.91. The molecular weight excluding hydrogens is 122 g/mol. The lowest BCUT2D eigenvalue weighted by Gasteiger charge is -2.22. The van der Waals surface area contributed by atoms with Crippen LogP contribution in [0.3, 0.4) is 0 Å². The Hall–Kier alpha value is 0.250. The summed E-state index contributed by atoms with van der Waals surface area (Å²) < 4.78 is 0. The van der Waals surface area contributed by atoms with Crippen LogP contribution in [0.5, 0.6) is 0 Å². The van der Waals surface area contributed by atoms with E-state index in [-0.39, 0.29) is 12.4 Å². The van der Waals surface area contributed by atoms with Gasteiger partial charge in [0, 0.05) is 6.04 Å². The predicted molar refractivity (Wildman–Crippen MR) is 36.1 cm³/mol. The summed E-state index contributed by atoms with van der Waals surface area (Å²) in [6.07, 6.45) is 4.22. The molecule has 0 spiro atoms. The summed E-state index contributed by atoms with van der Waals surface area (Å²) in [5.74, 6) is 1.98. The third kappa shape index (κ3) is 0.652. The molecule has 0 aromatic carbocycles. The second-order valence-electron chi connectivity index (χ2n) is 3.00. The molecule has 3 aliphatic carbocycles. The van der Waals surface area contributed by atoms with Crippen molar-refractivity contribution in [2.24, 2.45) is 17.6 Å². The van der Waals surface area contributed by atoms with Gasteiger partial charge < -0.3 is 5.73 Å². The van der Waals surface area contributed by atoms with Crippen LogP contribution in [-0.4, -0.2) is 6.04 Å². The minimum Gasteiger partial charge on any atom is -0.327 e. The Morgan fingerprint density at radius 2 is 1.75 bits per heavy atom. The summed E-state index contributed by atoms with van der Waals surface area (Å²) in [4.78, 5) is 0. The Labute approximate surface area is 56.0 Å². The normalized spacial score (nSPS) is 49.9. The minimum absolute atomic E-state index is 0. The van der Waals surface area contributed by atoms with E-state index in [2.05, 4.69) is 0 Å². The van der Waals surface area contributed by atoms with Crippen LogP contribution in [0.4, 0.5) is 0 Å². The van der Waals surface area contributed by atoms with E-state index < -0.39 is 0 Å². The van der Waals surface area contributed by atoms with Crippen molar-refractivity contribution in [2.75, 3.05) is 0 Å². The minimum atomic E-state index is 0. The number of nitrogens with two attached hydrogens (primary N) is 1. The lowest BCUT2D eigenvalue weighted by Crippen LogP contribution is -2.23. The molecule has 3 rings (SSSR count). The van der Waals surface area contributed by atoms with E-state index in [1.54, 1.807) is 0 Å². The van der Waals surface area contributed by atoms with E-state index in [4.69, 9.17) is 5.73 Å². The molecule has 3 fully saturated rings. The molecular formula is C6H12ClN. The van der Waals surface area contributed by atoms with Gasteiger partial charge in [0.2, 0.25) is 0 Å². The molecule has 2 bridgehead atoms. The molecule has 0 saturated heterocycles. The average molecular weight is 134 g/mol. The quantitative estimate of drug-likeness (QED) is 0.528. The number of rotatable bonds is 0. The van der Waals surface area contributed by atoms with Crippen molar-refractivity contribution in [3.05, 3.63) is 0 Å². The maximum Gasteiger partial charge on any atom is 0.00700 e. The lowest BCUT2D eigenvalue weighted by molar-refractivity contribution is 0.295. The van der Waals surface area contributed by atoms with Gasteiger partial charge in [-0.1, -0.05) is 0 Å². The van der Waals surface area contributed by atoms with Crippen LogP contribution < -0.4 is 5.73 Å². The molecule has 2 N–H and O–H groups in total. The van der Waals surface area contributed by atoms with Gasteiger partial charge in [-0.2, -0.15) is 0 Å². The van der Waals surface area contributed by atoms with Crippen molar-refractivity contribution < 1.29 is 0 Å². The highest BCUT2D eigenvalue weighted by Gasteiger charge is 2.41. The zero-order chi connectivity index (χ0) is 4.85. The third-order valence-electron chi connectivity index (χ3n) is 2.48. The van der Waals surface area contributed by atoms with Crippen molar-refractivity contribution in [2.45, 2.75) is 25.3 Å². The molecule has 0 heterocycles. The van der Waals surface area contributed by atoms with Gasteiger partial charge in [0.1, 0.15) is 0 Å². The largest absolute Gasteiger partial charge is 0.327 e. The molecule has 3 aliphatic rings. The van der Waals surface area contributed by atoms with Crippen LogP contribution in [0.15, 0.2) is 0 Å². The molecule has 1 unspecified atom stereocenters. The summed E-state index contributed by atoms with van der Waals surface area (Å²) >= 11 is 0. The Morgan fingerprint density at radius 3 is 1.88 bits per heavy atom. The molecule has 2 heteroatoms. The van der Waals surface area contributed by atoms with Crippen LogP contribution >= 0.6 is 12.4 Å². The van der Waals surface area contributed by atoms with Crippen LogP contribution in [0.2, 0.25) is 0 Å². The molecule has 0 aromatic heterocycles. The van der Waals surface area contributed by atoms with Crippen LogP contribution in [0.1, 0.15) is 19.3 Å². The number of fused-ring (bicyclic) bond motifs is 1. The Morgan fingerprint density at radius 1 is 1.12 bits per heavy atom. The highest BCUT2D eigenvalue weighted by Crippen LogP contribution is 2.47. The highest BCUT2D eigenvalue weighted by molar-refractivity contribution is 5.85. The van der Waals surface area contributed by atoms with Crippen LogP contribution in [0.25, 0.3) is 0 Å². The smallest absolute Gasteiger partial charge is 0.00700 e. The number of hydrogen-bond donors (Lipinski definition) is 1. The third-order valence-corrected chi connectivity index (χ3v) is 2.48. The van der Waals surface area contributed by atoms with E-state index in [0.29, 0.717) is 6.04 Å². The number of halogens is 1. The second-order valence-corrected chi connectivity index (χ2v) is 3.00. The van der Waals surface area contributed by atoms with Crippen LogP contribution in [0, 0.1) is 11.8 Å². The van der Waals surface area contributed by atoms with Gasteiger partial charge in [-0.25, -0.2) is 0 Å². The van der Waals surface area contributed by atoms with E-state index in [9.17, 15) is 0 Å². The zero-order valence-corrected chi connectivity index (χ0v) is 5.66. The standard InChI is InChI=1S/C6H11N.ClH/c7-6-3-4-1-5(6)2-4;/h4-6H,1-3,7H2;1H. The van der Waals surface area contributed by atoms with Gasteiger partial charge >= 0.3 is 0 Å². The summed E-state index contributed by atoms with van der Waals surface area (Å²) in [5, 5.41) is 0. The van der Waals surface area contributed by atoms with Crippen molar-refractivity contribution in [1.82, 2.24) is 0 Å². The first-order chi connectivity index (χ1) is 3.36. The first-order valence-electron chi connectivity index (χ1n) is 3.12. The van der Waals surface area contributed by atoms with E-state index in [1.165, 1.54) is 19.3 Å². The molecule has 3 saturated carbocycles. The second kappa shape index (κ2) is 1.89. The average Bonchev–Trinajstić information content (AvgIpc) is 1.85. The molecule has 0 amide bonds. The monoisotopic (exact) mass is 133 g/mol. The Balaban J connectivity index is 0.000000320. The summed E-state index contributed by atoms with van der Waals surface area (Å²) in [6.45, 7) is 0. The SMILES string of the molecule is Cl.NC1CC2CC1C2. The van der Waals surface area contributed by atoms with Gasteiger partial charge in [-0.15, -0.1) is 12.4 Å². The molecule has 0 radical (unpaired) electrons. The Bertz CT molecular complexity index is 88.5. The van der Waals surface area contributed by atoms with Crippen LogP contribution in [-0.2, 0) is 0 Å². The summed E-state index contributed by atoms with van der Waals surface area (Å²) in [7, 11) is 0. The molecule has 1 atom stereocenters. The van der Waals surface area contributed by atoms with E-state index >= 15 is 0 Å². The van der Waals surface area contributed by atoms with Gasteiger partial charge in [0.15, 0.2) is 0 Å². The van der Waals surface area contributed by atoms with Crippen molar-refractivity contribution in [1.29, 1.82) is 0 Å². The highest BCUT2D eigenvalue weighted by atomic mass is 35.5. The fourth-order valence-corrected chi connectivity index (χ4v) is 1.91. The molecule has 48 valence electrons. The van der Waals surface area contributed by atoms with Gasteiger partial charge in [-0.3, -0.25) is 0 Å². The maximum atomic E-state index is 5.72. The van der Waals surface area contributed by atoms with Gasteiger partial charge in [0.25, 0.3) is 0 Å². The zero-order valence-electron chi connectivity index (χ0n) is 4.84. The molecule has 8 heavy (non-hydrogen) atoms. The van der Waals surface area contributed by atoms with E-state index in [0.717, 1.165) is 11.8 Å². The van der Waals surface area contributed by atoms with Crippen molar-refractivity contribution in [3.63, 3.8) is 0 Å². The molecule has 0 aromatic rings. The van der Waals surface area contributed by atoms with Crippen molar-refractivity contribution >= 4 is 12.4 Å². The molecule has 0 aliphatic heterocycles. The Kier molecular flexibility index (Phi) is 1.50. The number of hydrogen-bond acceptors (Lipinski definition) is 1.